The molecule has 0 spiro atoms. The summed E-state index contributed by atoms with van der Waals surface area (Å²) in [5.41, 5.74) is 0.839. The number of nitrogens with one attached hydrogen (secondary N) is 1. The Labute approximate surface area is 135 Å². The Balaban J connectivity index is 2.29. The van der Waals surface area contributed by atoms with Gasteiger partial charge in [-0.25, -0.2) is 0 Å². The van der Waals surface area contributed by atoms with E-state index in [1.807, 2.05) is 26.0 Å². The van der Waals surface area contributed by atoms with Crippen LogP contribution in [0.4, 0.5) is 11.4 Å². The lowest BCUT2D eigenvalue weighted by Gasteiger charge is -2.12. The van der Waals surface area contributed by atoms with Crippen molar-refractivity contribution in [3.05, 3.63) is 55.9 Å². The molecule has 0 radical (unpaired) electrons. The molecule has 0 saturated heterocycles. The van der Waals surface area contributed by atoms with Crippen LogP contribution < -0.4 is 5.32 Å². The molecule has 1 heterocycles. The number of rotatable bonds is 4. The summed E-state index contributed by atoms with van der Waals surface area (Å²) < 4.78 is 2.66. The Morgan fingerprint density at radius 2 is 1.95 bits per heavy atom. The van der Waals surface area contributed by atoms with E-state index in [1.54, 1.807) is 16.7 Å². The highest BCUT2D eigenvalue weighted by Crippen LogP contribution is 2.22. The number of hydrogen-bond donors (Lipinski definition) is 1. The molecule has 0 fully saturated rings. The predicted molar refractivity (Wildman–Crippen MR) is 88.6 cm³/mol. The number of benzene rings is 1. The van der Waals surface area contributed by atoms with Crippen molar-refractivity contribution in [3.8, 4) is 0 Å². The lowest BCUT2D eigenvalue weighted by molar-refractivity contribution is -0.384. The number of nitro groups is 1. The summed E-state index contributed by atoms with van der Waals surface area (Å²) in [4.78, 5) is 22.7. The first kappa shape index (κ1) is 15.5. The van der Waals surface area contributed by atoms with E-state index in [-0.39, 0.29) is 23.3 Å². The minimum absolute atomic E-state index is 0.0452. The quantitative estimate of drug-likeness (QED) is 0.482. The van der Waals surface area contributed by atoms with Crippen LogP contribution >= 0.6 is 22.6 Å². The molecule has 1 N–H and O–H groups in total. The second kappa shape index (κ2) is 6.25. The molecule has 0 atom stereocenters. The van der Waals surface area contributed by atoms with Crippen LogP contribution in [-0.4, -0.2) is 15.4 Å². The van der Waals surface area contributed by atoms with Crippen molar-refractivity contribution in [3.63, 3.8) is 0 Å². The molecule has 21 heavy (non-hydrogen) atoms. The summed E-state index contributed by atoms with van der Waals surface area (Å²) in [5, 5.41) is 13.6. The van der Waals surface area contributed by atoms with Gasteiger partial charge < -0.3 is 9.88 Å². The van der Waals surface area contributed by atoms with E-state index in [9.17, 15) is 14.9 Å². The molecule has 0 bridgehead atoms. The van der Waals surface area contributed by atoms with Gasteiger partial charge in [-0.15, -0.1) is 0 Å². The standard InChI is InChI=1S/C14H14IN3O3/c1-9(2)17-8-12(18(20)21)7-13(17)14(19)16-11-5-3-10(15)4-6-11/h3-9H,1-2H3,(H,16,19). The van der Waals surface area contributed by atoms with Gasteiger partial charge in [0, 0.05) is 21.4 Å². The van der Waals surface area contributed by atoms with Crippen LogP contribution in [0.3, 0.4) is 0 Å². The molecule has 2 rings (SSSR count). The molecular formula is C14H14IN3O3. The van der Waals surface area contributed by atoms with Crippen molar-refractivity contribution < 1.29 is 9.72 Å². The van der Waals surface area contributed by atoms with Gasteiger partial charge in [0.05, 0.1) is 11.1 Å². The summed E-state index contributed by atoms with van der Waals surface area (Å²) in [7, 11) is 0. The highest BCUT2D eigenvalue weighted by molar-refractivity contribution is 14.1. The van der Waals surface area contributed by atoms with Gasteiger partial charge in [-0.05, 0) is 60.7 Å². The van der Waals surface area contributed by atoms with Gasteiger partial charge in [0.2, 0.25) is 0 Å². The lowest BCUT2D eigenvalue weighted by atomic mass is 10.3. The van der Waals surface area contributed by atoms with Gasteiger partial charge in [-0.1, -0.05) is 0 Å². The third-order valence-corrected chi connectivity index (χ3v) is 3.66. The SMILES string of the molecule is CC(C)n1cc([N+](=O)[O-])cc1C(=O)Nc1ccc(I)cc1. The number of carbonyl (C=O) groups excluding carboxylic acids is 1. The van der Waals surface area contributed by atoms with E-state index in [1.165, 1.54) is 12.3 Å². The molecule has 0 aliphatic rings. The molecule has 1 amide bonds. The summed E-state index contributed by atoms with van der Waals surface area (Å²) in [6.45, 7) is 3.73. The third kappa shape index (κ3) is 3.60. The van der Waals surface area contributed by atoms with Gasteiger partial charge in [0.15, 0.2) is 0 Å². The second-order valence-electron chi connectivity index (χ2n) is 4.80. The van der Waals surface area contributed by atoms with Crippen molar-refractivity contribution in [2.45, 2.75) is 19.9 Å². The van der Waals surface area contributed by atoms with Crippen molar-refractivity contribution in [1.82, 2.24) is 4.57 Å². The Bertz CT molecular complexity index is 677. The molecule has 0 saturated carbocycles. The van der Waals surface area contributed by atoms with Crippen molar-refractivity contribution >= 4 is 39.9 Å². The van der Waals surface area contributed by atoms with Crippen LogP contribution in [0.2, 0.25) is 0 Å². The lowest BCUT2D eigenvalue weighted by Crippen LogP contribution is -2.17. The molecule has 1 aromatic heterocycles. The van der Waals surface area contributed by atoms with Crippen LogP contribution in [0.1, 0.15) is 30.4 Å². The number of amides is 1. The Kier molecular flexibility index (Phi) is 4.61. The molecule has 2 aromatic rings. The average molecular weight is 399 g/mol. The molecule has 0 unspecified atom stereocenters. The van der Waals surface area contributed by atoms with Gasteiger partial charge in [-0.2, -0.15) is 0 Å². The van der Waals surface area contributed by atoms with E-state index in [2.05, 4.69) is 27.9 Å². The maximum atomic E-state index is 12.3. The van der Waals surface area contributed by atoms with Crippen LogP contribution in [-0.2, 0) is 0 Å². The molecule has 110 valence electrons. The predicted octanol–water partition coefficient (Wildman–Crippen LogP) is 3.83. The zero-order valence-corrected chi connectivity index (χ0v) is 13.7. The van der Waals surface area contributed by atoms with Crippen LogP contribution in [0.5, 0.6) is 0 Å². The maximum absolute atomic E-state index is 12.3. The molecule has 6 nitrogen and oxygen atoms in total. The normalized spacial score (nSPS) is 10.7. The Hall–Kier alpha value is -1.90. The molecule has 1 aromatic carbocycles. The fourth-order valence-electron chi connectivity index (χ4n) is 1.90. The van der Waals surface area contributed by atoms with E-state index < -0.39 is 4.92 Å². The molecule has 7 heteroatoms. The monoisotopic (exact) mass is 399 g/mol. The zero-order valence-electron chi connectivity index (χ0n) is 11.5. The number of halogens is 1. The molecule has 0 aliphatic carbocycles. The third-order valence-electron chi connectivity index (χ3n) is 2.94. The summed E-state index contributed by atoms with van der Waals surface area (Å²) in [6, 6.07) is 8.58. The van der Waals surface area contributed by atoms with Crippen molar-refractivity contribution in [2.75, 3.05) is 5.32 Å². The first-order valence-corrected chi connectivity index (χ1v) is 7.39. The van der Waals surface area contributed by atoms with Crippen LogP contribution in [0.15, 0.2) is 36.5 Å². The number of carbonyl (C=O) groups is 1. The summed E-state index contributed by atoms with van der Waals surface area (Å²) in [5.74, 6) is -0.363. The second-order valence-corrected chi connectivity index (χ2v) is 6.05. The first-order valence-electron chi connectivity index (χ1n) is 6.31. The average Bonchev–Trinajstić information content (AvgIpc) is 2.87. The van der Waals surface area contributed by atoms with Crippen LogP contribution in [0.25, 0.3) is 0 Å². The van der Waals surface area contributed by atoms with E-state index in [0.717, 1.165) is 3.57 Å². The number of nitrogens with zero attached hydrogens (tertiary/aromatic N) is 2. The van der Waals surface area contributed by atoms with Gasteiger partial charge in [0.1, 0.15) is 5.69 Å². The summed E-state index contributed by atoms with van der Waals surface area (Å²) >= 11 is 2.17. The Morgan fingerprint density at radius 3 is 2.48 bits per heavy atom. The zero-order chi connectivity index (χ0) is 15.6. The van der Waals surface area contributed by atoms with Crippen molar-refractivity contribution in [2.24, 2.45) is 0 Å². The maximum Gasteiger partial charge on any atom is 0.287 e. The smallest absolute Gasteiger partial charge is 0.287 e. The molecular weight excluding hydrogens is 385 g/mol. The van der Waals surface area contributed by atoms with Gasteiger partial charge in [0.25, 0.3) is 11.6 Å². The first-order chi connectivity index (χ1) is 9.88. The topological polar surface area (TPSA) is 77.2 Å². The largest absolute Gasteiger partial charge is 0.335 e. The highest BCUT2D eigenvalue weighted by Gasteiger charge is 2.20. The number of hydrogen-bond acceptors (Lipinski definition) is 3. The minimum atomic E-state index is -0.499. The Morgan fingerprint density at radius 1 is 1.33 bits per heavy atom. The van der Waals surface area contributed by atoms with Crippen molar-refractivity contribution in [1.29, 1.82) is 0 Å². The van der Waals surface area contributed by atoms with E-state index in [0.29, 0.717) is 5.69 Å². The molecule has 0 aliphatic heterocycles. The van der Waals surface area contributed by atoms with Gasteiger partial charge in [-0.3, -0.25) is 14.9 Å². The van der Waals surface area contributed by atoms with Crippen LogP contribution in [0, 0.1) is 13.7 Å². The highest BCUT2D eigenvalue weighted by atomic mass is 127. The summed E-state index contributed by atoms with van der Waals surface area (Å²) in [6.07, 6.45) is 1.38. The fraction of sp³-hybridized carbons (Fsp3) is 0.214. The number of aromatic nitrogens is 1. The minimum Gasteiger partial charge on any atom is -0.335 e. The number of anilines is 1. The van der Waals surface area contributed by atoms with E-state index >= 15 is 0 Å². The van der Waals surface area contributed by atoms with E-state index in [4.69, 9.17) is 0 Å². The fourth-order valence-corrected chi connectivity index (χ4v) is 2.26. The van der Waals surface area contributed by atoms with Gasteiger partial charge >= 0.3 is 0 Å².